The van der Waals surface area contributed by atoms with Gasteiger partial charge in [-0.25, -0.2) is 4.39 Å². The van der Waals surface area contributed by atoms with Crippen LogP contribution in [0.25, 0.3) is 0 Å². The van der Waals surface area contributed by atoms with Gasteiger partial charge in [0.15, 0.2) is 17.3 Å². The van der Waals surface area contributed by atoms with Gasteiger partial charge in [-0.2, -0.15) is 0 Å². The minimum Gasteiger partial charge on any atom is -0.504 e. The molecule has 0 amide bonds. The van der Waals surface area contributed by atoms with Gasteiger partial charge >= 0.3 is 0 Å². The lowest BCUT2D eigenvalue weighted by Gasteiger charge is -2.07. The minimum atomic E-state index is -0.499. The molecule has 1 aliphatic rings. The average molecular weight is 182 g/mol. The van der Waals surface area contributed by atoms with Gasteiger partial charge in [0.25, 0.3) is 0 Å². The first-order valence-corrected chi connectivity index (χ1v) is 4.37. The summed E-state index contributed by atoms with van der Waals surface area (Å²) in [4.78, 5) is 0. The van der Waals surface area contributed by atoms with E-state index in [9.17, 15) is 9.50 Å². The van der Waals surface area contributed by atoms with Gasteiger partial charge in [-0.05, 0) is 30.9 Å². The Morgan fingerprint density at radius 3 is 2.85 bits per heavy atom. The number of phenolic OH excluding ortho intramolecular Hbond substituents is 1. The molecule has 0 aliphatic heterocycles. The van der Waals surface area contributed by atoms with Crippen LogP contribution in [0.15, 0.2) is 18.2 Å². The quantitative estimate of drug-likeness (QED) is 0.777. The second kappa shape index (κ2) is 3.24. The second-order valence-corrected chi connectivity index (χ2v) is 3.34. The van der Waals surface area contributed by atoms with E-state index >= 15 is 0 Å². The molecule has 1 N–H and O–H groups in total. The van der Waals surface area contributed by atoms with E-state index in [0.29, 0.717) is 12.5 Å². The fourth-order valence-electron chi connectivity index (χ4n) is 1.13. The molecule has 1 aliphatic carbocycles. The van der Waals surface area contributed by atoms with Gasteiger partial charge in [-0.15, -0.1) is 0 Å². The van der Waals surface area contributed by atoms with Gasteiger partial charge in [0.1, 0.15) is 0 Å². The summed E-state index contributed by atoms with van der Waals surface area (Å²) in [6.07, 6.45) is 2.30. The van der Waals surface area contributed by atoms with Crippen LogP contribution in [0.3, 0.4) is 0 Å². The van der Waals surface area contributed by atoms with Gasteiger partial charge in [-0.1, -0.05) is 6.07 Å². The van der Waals surface area contributed by atoms with E-state index in [1.807, 2.05) is 0 Å². The Kier molecular flexibility index (Phi) is 2.08. The largest absolute Gasteiger partial charge is 0.504 e. The van der Waals surface area contributed by atoms with E-state index in [0.717, 1.165) is 12.8 Å². The second-order valence-electron chi connectivity index (χ2n) is 3.34. The molecule has 0 atom stereocenters. The number of ether oxygens (including phenoxy) is 1. The molecular weight excluding hydrogens is 171 g/mol. The standard InChI is InChI=1S/C10H11FO2/c11-8-2-1-3-9(12)10(8)13-6-7-4-5-7/h1-3,7,12H,4-6H2. The van der Waals surface area contributed by atoms with E-state index in [1.165, 1.54) is 18.2 Å². The molecule has 70 valence electrons. The molecule has 2 nitrogen and oxygen atoms in total. The number of hydrogen-bond acceptors (Lipinski definition) is 2. The molecular formula is C10H11FO2. The van der Waals surface area contributed by atoms with Crippen LogP contribution in [0.1, 0.15) is 12.8 Å². The zero-order valence-electron chi connectivity index (χ0n) is 7.16. The van der Waals surface area contributed by atoms with Crippen molar-refractivity contribution in [1.29, 1.82) is 0 Å². The van der Waals surface area contributed by atoms with Crippen molar-refractivity contribution in [3.05, 3.63) is 24.0 Å². The van der Waals surface area contributed by atoms with Crippen LogP contribution in [0.2, 0.25) is 0 Å². The summed E-state index contributed by atoms with van der Waals surface area (Å²) in [7, 11) is 0. The first kappa shape index (κ1) is 8.35. The molecule has 0 aromatic heterocycles. The van der Waals surface area contributed by atoms with Gasteiger partial charge in [0.05, 0.1) is 6.61 Å². The maximum absolute atomic E-state index is 13.0. The topological polar surface area (TPSA) is 29.5 Å². The highest BCUT2D eigenvalue weighted by atomic mass is 19.1. The van der Waals surface area contributed by atoms with Crippen LogP contribution in [0, 0.1) is 11.7 Å². The van der Waals surface area contributed by atoms with Gasteiger partial charge in [0.2, 0.25) is 0 Å². The SMILES string of the molecule is Oc1cccc(F)c1OCC1CC1. The van der Waals surface area contributed by atoms with E-state index in [4.69, 9.17) is 4.74 Å². The van der Waals surface area contributed by atoms with Crippen LogP contribution >= 0.6 is 0 Å². The molecule has 0 unspecified atom stereocenters. The summed E-state index contributed by atoms with van der Waals surface area (Å²) in [6, 6.07) is 4.15. The van der Waals surface area contributed by atoms with E-state index in [1.54, 1.807) is 0 Å². The van der Waals surface area contributed by atoms with Crippen LogP contribution in [0.5, 0.6) is 11.5 Å². The molecule has 0 heterocycles. The van der Waals surface area contributed by atoms with Crippen molar-refractivity contribution < 1.29 is 14.2 Å². The molecule has 3 heteroatoms. The van der Waals surface area contributed by atoms with Crippen molar-refractivity contribution in [2.24, 2.45) is 5.92 Å². The zero-order valence-corrected chi connectivity index (χ0v) is 7.16. The maximum atomic E-state index is 13.0. The molecule has 0 saturated heterocycles. The van der Waals surface area contributed by atoms with Crippen molar-refractivity contribution in [2.75, 3.05) is 6.61 Å². The number of benzene rings is 1. The summed E-state index contributed by atoms with van der Waals surface area (Å²) in [6.45, 7) is 0.508. The monoisotopic (exact) mass is 182 g/mol. The summed E-state index contributed by atoms with van der Waals surface area (Å²) in [5.41, 5.74) is 0. The number of halogens is 1. The van der Waals surface area contributed by atoms with E-state index < -0.39 is 5.82 Å². The lowest BCUT2D eigenvalue weighted by molar-refractivity contribution is 0.270. The average Bonchev–Trinajstić information content (AvgIpc) is 2.87. The zero-order chi connectivity index (χ0) is 9.26. The van der Waals surface area contributed by atoms with Crippen LogP contribution in [-0.2, 0) is 0 Å². The van der Waals surface area contributed by atoms with Crippen molar-refractivity contribution >= 4 is 0 Å². The first-order valence-electron chi connectivity index (χ1n) is 4.37. The molecule has 1 aromatic carbocycles. The summed E-state index contributed by atoms with van der Waals surface area (Å²) in [5, 5.41) is 9.26. The fourth-order valence-corrected chi connectivity index (χ4v) is 1.13. The third kappa shape index (κ3) is 1.91. The minimum absolute atomic E-state index is 0.0191. The predicted molar refractivity (Wildman–Crippen MR) is 46.3 cm³/mol. The van der Waals surface area contributed by atoms with Crippen molar-refractivity contribution in [1.82, 2.24) is 0 Å². The third-order valence-corrected chi connectivity index (χ3v) is 2.11. The van der Waals surface area contributed by atoms with Gasteiger partial charge < -0.3 is 9.84 Å². The molecule has 2 rings (SSSR count). The molecule has 1 aromatic rings. The number of hydrogen-bond donors (Lipinski definition) is 1. The highest BCUT2D eigenvalue weighted by molar-refractivity contribution is 5.39. The lowest BCUT2D eigenvalue weighted by Crippen LogP contribution is -2.00. The molecule has 1 saturated carbocycles. The van der Waals surface area contributed by atoms with Crippen LogP contribution in [-0.4, -0.2) is 11.7 Å². The Balaban J connectivity index is 2.07. The molecule has 0 bridgehead atoms. The first-order chi connectivity index (χ1) is 6.27. The smallest absolute Gasteiger partial charge is 0.196 e. The Hall–Kier alpha value is -1.25. The van der Waals surface area contributed by atoms with Crippen LogP contribution in [0.4, 0.5) is 4.39 Å². The summed E-state index contributed by atoms with van der Waals surface area (Å²) < 4.78 is 18.2. The van der Waals surface area contributed by atoms with E-state index in [-0.39, 0.29) is 11.5 Å². The van der Waals surface area contributed by atoms with Crippen molar-refractivity contribution in [3.8, 4) is 11.5 Å². The Labute approximate surface area is 76.0 Å². The molecule has 0 spiro atoms. The van der Waals surface area contributed by atoms with Gasteiger partial charge in [-0.3, -0.25) is 0 Å². The molecule has 13 heavy (non-hydrogen) atoms. The fraction of sp³-hybridized carbons (Fsp3) is 0.400. The number of para-hydroxylation sites is 1. The predicted octanol–water partition coefficient (Wildman–Crippen LogP) is 2.32. The summed E-state index contributed by atoms with van der Waals surface area (Å²) >= 11 is 0. The third-order valence-electron chi connectivity index (χ3n) is 2.11. The highest BCUT2D eigenvalue weighted by Gasteiger charge is 2.23. The van der Waals surface area contributed by atoms with Crippen LogP contribution < -0.4 is 4.74 Å². The molecule has 1 fully saturated rings. The van der Waals surface area contributed by atoms with Crippen molar-refractivity contribution in [2.45, 2.75) is 12.8 Å². The Morgan fingerprint density at radius 2 is 2.23 bits per heavy atom. The normalized spacial score (nSPS) is 15.8. The highest BCUT2D eigenvalue weighted by Crippen LogP contribution is 2.33. The lowest BCUT2D eigenvalue weighted by atomic mass is 10.3. The Morgan fingerprint density at radius 1 is 1.46 bits per heavy atom. The van der Waals surface area contributed by atoms with Gasteiger partial charge in [0, 0.05) is 0 Å². The van der Waals surface area contributed by atoms with Crippen molar-refractivity contribution in [3.63, 3.8) is 0 Å². The molecule has 0 radical (unpaired) electrons. The number of phenols is 1. The number of rotatable bonds is 3. The number of aromatic hydroxyl groups is 1. The Bertz CT molecular complexity index is 288. The van der Waals surface area contributed by atoms with E-state index in [2.05, 4.69) is 0 Å². The summed E-state index contributed by atoms with van der Waals surface area (Å²) in [5.74, 6) is -0.0882. The maximum Gasteiger partial charge on any atom is 0.196 e.